The number of hydrogen-bond donors (Lipinski definition) is 1. The minimum atomic E-state index is -0.671. The molecule has 0 bridgehead atoms. The van der Waals surface area contributed by atoms with Crippen LogP contribution in [0, 0.1) is 11.3 Å². The van der Waals surface area contributed by atoms with Crippen LogP contribution >= 0.6 is 11.3 Å². The van der Waals surface area contributed by atoms with Gasteiger partial charge < -0.3 is 10.5 Å². The lowest BCUT2D eigenvalue weighted by molar-refractivity contribution is -0.142. The van der Waals surface area contributed by atoms with E-state index < -0.39 is 12.0 Å². The van der Waals surface area contributed by atoms with Crippen LogP contribution in [0.15, 0.2) is 18.2 Å². The van der Waals surface area contributed by atoms with E-state index in [2.05, 4.69) is 9.72 Å². The van der Waals surface area contributed by atoms with E-state index in [1.54, 1.807) is 0 Å². The molecule has 2 aromatic rings. The summed E-state index contributed by atoms with van der Waals surface area (Å²) in [6.45, 7) is 0. The number of nitrogens with zero attached hydrogens (tertiary/aromatic N) is 2. The monoisotopic (exact) mass is 261 g/mol. The van der Waals surface area contributed by atoms with Gasteiger partial charge in [-0.2, -0.15) is 5.26 Å². The van der Waals surface area contributed by atoms with Gasteiger partial charge >= 0.3 is 5.97 Å². The van der Waals surface area contributed by atoms with E-state index in [1.165, 1.54) is 18.4 Å². The predicted octanol–water partition coefficient (Wildman–Crippen LogP) is 1.21. The Hall–Kier alpha value is -1.97. The van der Waals surface area contributed by atoms with Gasteiger partial charge in [-0.1, -0.05) is 6.07 Å². The Labute approximate surface area is 108 Å². The second-order valence-electron chi connectivity index (χ2n) is 3.77. The molecule has 0 radical (unpaired) electrons. The van der Waals surface area contributed by atoms with Gasteiger partial charge in [0.1, 0.15) is 12.1 Å². The molecule has 0 saturated carbocycles. The molecule has 0 fully saturated rings. The standard InChI is InChI=1S/C12H11N3O2S/c1-17-12(16)8(14)4-7-2-3-9-10(5-7)18-11(6-13)15-9/h2-3,5,8H,4,14H2,1H3/t8-/m0/s1. The van der Waals surface area contributed by atoms with Gasteiger partial charge in [0.25, 0.3) is 0 Å². The predicted molar refractivity (Wildman–Crippen MR) is 68.0 cm³/mol. The Balaban J connectivity index is 2.25. The maximum Gasteiger partial charge on any atom is 0.322 e. The highest BCUT2D eigenvalue weighted by molar-refractivity contribution is 7.19. The molecule has 6 heteroatoms. The van der Waals surface area contributed by atoms with Crippen LogP contribution in [0.1, 0.15) is 10.6 Å². The molecule has 0 unspecified atom stereocenters. The van der Waals surface area contributed by atoms with Gasteiger partial charge in [0.2, 0.25) is 0 Å². The van der Waals surface area contributed by atoms with E-state index in [-0.39, 0.29) is 0 Å². The molecule has 0 spiro atoms. The SMILES string of the molecule is COC(=O)[C@@H](N)Cc1ccc2nc(C#N)sc2c1. The molecule has 0 aliphatic rings. The summed E-state index contributed by atoms with van der Waals surface area (Å²) in [5.41, 5.74) is 7.40. The van der Waals surface area contributed by atoms with Gasteiger partial charge in [-0.15, -0.1) is 11.3 Å². The minimum absolute atomic E-state index is 0.405. The summed E-state index contributed by atoms with van der Waals surface area (Å²) < 4.78 is 5.49. The molecule has 0 saturated heterocycles. The van der Waals surface area contributed by atoms with Crippen molar-refractivity contribution in [1.82, 2.24) is 4.98 Å². The number of esters is 1. The van der Waals surface area contributed by atoms with Gasteiger partial charge in [-0.05, 0) is 24.1 Å². The Morgan fingerprint density at radius 2 is 2.44 bits per heavy atom. The summed E-state index contributed by atoms with van der Waals surface area (Å²) in [5, 5.41) is 9.20. The average molecular weight is 261 g/mol. The van der Waals surface area contributed by atoms with Crippen LogP contribution in [0.2, 0.25) is 0 Å². The quantitative estimate of drug-likeness (QED) is 0.839. The Kier molecular flexibility index (Phi) is 3.55. The van der Waals surface area contributed by atoms with E-state index in [0.29, 0.717) is 11.4 Å². The van der Waals surface area contributed by atoms with Gasteiger partial charge in [-0.25, -0.2) is 4.98 Å². The summed E-state index contributed by atoms with van der Waals surface area (Å²) in [7, 11) is 1.31. The lowest BCUT2D eigenvalue weighted by Gasteiger charge is -2.08. The number of benzene rings is 1. The number of aromatic nitrogens is 1. The number of nitriles is 1. The van der Waals surface area contributed by atoms with Crippen molar-refractivity contribution >= 4 is 27.5 Å². The zero-order valence-corrected chi connectivity index (χ0v) is 10.5. The third kappa shape index (κ3) is 2.47. The maximum absolute atomic E-state index is 11.2. The van der Waals surface area contributed by atoms with E-state index in [4.69, 9.17) is 11.0 Å². The van der Waals surface area contributed by atoms with Crippen LogP contribution in [0.4, 0.5) is 0 Å². The fourth-order valence-corrected chi connectivity index (χ4v) is 2.46. The van der Waals surface area contributed by atoms with Crippen molar-refractivity contribution in [1.29, 1.82) is 5.26 Å². The third-order valence-corrected chi connectivity index (χ3v) is 3.43. The lowest BCUT2D eigenvalue weighted by atomic mass is 10.1. The summed E-state index contributed by atoms with van der Waals surface area (Å²) in [5.74, 6) is -0.433. The number of ether oxygens (including phenoxy) is 1. The number of nitrogens with two attached hydrogens (primary N) is 1. The number of carbonyl (C=O) groups is 1. The second-order valence-corrected chi connectivity index (χ2v) is 4.80. The molecule has 2 rings (SSSR count). The fraction of sp³-hybridized carbons (Fsp3) is 0.250. The first-order chi connectivity index (χ1) is 8.63. The number of hydrogen-bond acceptors (Lipinski definition) is 6. The molecule has 1 atom stereocenters. The highest BCUT2D eigenvalue weighted by Gasteiger charge is 2.14. The normalized spacial score (nSPS) is 12.1. The molecule has 0 amide bonds. The first-order valence-electron chi connectivity index (χ1n) is 5.27. The molecule has 92 valence electrons. The Bertz CT molecular complexity index is 630. The van der Waals surface area contributed by atoms with Crippen molar-refractivity contribution in [2.45, 2.75) is 12.5 Å². The summed E-state index contributed by atoms with van der Waals surface area (Å²) >= 11 is 1.32. The van der Waals surface area contributed by atoms with Crippen LogP contribution in [0.3, 0.4) is 0 Å². The van der Waals surface area contributed by atoms with E-state index in [9.17, 15) is 4.79 Å². The molecule has 18 heavy (non-hydrogen) atoms. The molecular weight excluding hydrogens is 250 g/mol. The van der Waals surface area contributed by atoms with Crippen LogP contribution < -0.4 is 5.73 Å². The van der Waals surface area contributed by atoms with Crippen LogP contribution in [0.25, 0.3) is 10.2 Å². The van der Waals surface area contributed by atoms with Crippen molar-refractivity contribution in [3.63, 3.8) is 0 Å². The fourth-order valence-electron chi connectivity index (χ4n) is 1.63. The number of thiazole rings is 1. The molecule has 0 aliphatic heterocycles. The van der Waals surface area contributed by atoms with Crippen LogP contribution in [-0.2, 0) is 16.0 Å². The largest absolute Gasteiger partial charge is 0.468 e. The van der Waals surface area contributed by atoms with Crippen molar-refractivity contribution < 1.29 is 9.53 Å². The van der Waals surface area contributed by atoms with Gasteiger partial charge in [-0.3, -0.25) is 4.79 Å². The smallest absolute Gasteiger partial charge is 0.322 e. The first-order valence-corrected chi connectivity index (χ1v) is 6.08. The highest BCUT2D eigenvalue weighted by Crippen LogP contribution is 2.23. The van der Waals surface area contributed by atoms with Crippen molar-refractivity contribution in [3.8, 4) is 6.07 Å². The van der Waals surface area contributed by atoms with Crippen LogP contribution in [-0.4, -0.2) is 24.1 Å². The van der Waals surface area contributed by atoms with E-state index in [1.807, 2.05) is 24.3 Å². The van der Waals surface area contributed by atoms with Crippen molar-refractivity contribution in [3.05, 3.63) is 28.8 Å². The van der Waals surface area contributed by atoms with Crippen molar-refractivity contribution in [2.75, 3.05) is 7.11 Å². The number of methoxy groups -OCH3 is 1. The zero-order chi connectivity index (χ0) is 13.1. The summed E-state index contributed by atoms with van der Waals surface area (Å²) in [6, 6.07) is 6.92. The van der Waals surface area contributed by atoms with Gasteiger partial charge in [0.05, 0.1) is 17.3 Å². The second kappa shape index (κ2) is 5.12. The number of carbonyl (C=O) groups excluding carboxylic acids is 1. The maximum atomic E-state index is 11.2. The first kappa shape index (κ1) is 12.5. The highest BCUT2D eigenvalue weighted by atomic mass is 32.1. The molecule has 5 nitrogen and oxygen atoms in total. The molecule has 1 heterocycles. The summed E-state index contributed by atoms with van der Waals surface area (Å²) in [6.07, 6.45) is 0.405. The number of rotatable bonds is 3. The van der Waals surface area contributed by atoms with Gasteiger partial charge in [0.15, 0.2) is 5.01 Å². The van der Waals surface area contributed by atoms with E-state index >= 15 is 0 Å². The van der Waals surface area contributed by atoms with E-state index in [0.717, 1.165) is 15.8 Å². The molecular formula is C12H11N3O2S. The third-order valence-electron chi connectivity index (χ3n) is 2.51. The Morgan fingerprint density at radius 3 is 3.11 bits per heavy atom. The number of fused-ring (bicyclic) bond motifs is 1. The Morgan fingerprint density at radius 1 is 1.67 bits per heavy atom. The zero-order valence-electron chi connectivity index (χ0n) is 9.71. The minimum Gasteiger partial charge on any atom is -0.468 e. The van der Waals surface area contributed by atoms with Gasteiger partial charge in [0, 0.05) is 0 Å². The molecule has 0 aliphatic carbocycles. The topological polar surface area (TPSA) is 89.0 Å². The van der Waals surface area contributed by atoms with Crippen LogP contribution in [0.5, 0.6) is 0 Å². The summed E-state index contributed by atoms with van der Waals surface area (Å²) in [4.78, 5) is 15.4. The van der Waals surface area contributed by atoms with Crippen molar-refractivity contribution in [2.24, 2.45) is 5.73 Å². The molecule has 1 aromatic carbocycles. The molecule has 2 N–H and O–H groups in total. The molecule has 1 aromatic heterocycles. The average Bonchev–Trinajstić information content (AvgIpc) is 2.79. The lowest BCUT2D eigenvalue weighted by Crippen LogP contribution is -2.33.